The first kappa shape index (κ1) is 12.8. The highest BCUT2D eigenvalue weighted by atomic mass is 32.1. The van der Waals surface area contributed by atoms with Gasteiger partial charge in [-0.15, -0.1) is 0 Å². The Morgan fingerprint density at radius 3 is 3.06 bits per heavy atom. The van der Waals surface area contributed by atoms with Gasteiger partial charge in [-0.25, -0.2) is 0 Å². The summed E-state index contributed by atoms with van der Waals surface area (Å²) in [6, 6.07) is 2.07. The van der Waals surface area contributed by atoms with Crippen LogP contribution in [0.4, 0.5) is 0 Å². The standard InChI is InChI=1S/C14H21NOS/c1-2-5-14(6-3-7-15-11-14)13(16)9-12-4-8-17-10-12/h4,8,10,15H,2-3,5-7,9,11H2,1H3. The summed E-state index contributed by atoms with van der Waals surface area (Å²) < 4.78 is 0. The van der Waals surface area contributed by atoms with Gasteiger partial charge in [-0.05, 0) is 48.2 Å². The second kappa shape index (κ2) is 5.78. The molecule has 1 atom stereocenters. The third-order valence-electron chi connectivity index (χ3n) is 3.74. The zero-order valence-electron chi connectivity index (χ0n) is 10.5. The fourth-order valence-corrected chi connectivity index (χ4v) is 3.47. The summed E-state index contributed by atoms with van der Waals surface area (Å²) in [5.74, 6) is 0.435. The van der Waals surface area contributed by atoms with Crippen molar-refractivity contribution in [3.63, 3.8) is 0 Å². The van der Waals surface area contributed by atoms with Crippen LogP contribution in [0.2, 0.25) is 0 Å². The lowest BCUT2D eigenvalue weighted by molar-refractivity contribution is -0.129. The maximum absolute atomic E-state index is 12.5. The molecule has 2 rings (SSSR count). The number of hydrogen-bond donors (Lipinski definition) is 1. The van der Waals surface area contributed by atoms with E-state index in [1.807, 2.05) is 5.38 Å². The Bertz CT molecular complexity index is 347. The van der Waals surface area contributed by atoms with Crippen LogP contribution in [0.1, 0.15) is 38.2 Å². The van der Waals surface area contributed by atoms with Gasteiger partial charge in [0.1, 0.15) is 5.78 Å². The van der Waals surface area contributed by atoms with Crippen LogP contribution >= 0.6 is 11.3 Å². The molecular formula is C14H21NOS. The number of nitrogens with one attached hydrogen (secondary N) is 1. The van der Waals surface area contributed by atoms with Crippen LogP contribution in [0.5, 0.6) is 0 Å². The molecule has 0 radical (unpaired) electrons. The summed E-state index contributed by atoms with van der Waals surface area (Å²) in [5, 5.41) is 7.54. The molecule has 94 valence electrons. The molecule has 1 aliphatic rings. The average molecular weight is 251 g/mol. The molecule has 1 aromatic rings. The Labute approximate surface area is 107 Å². The minimum atomic E-state index is -0.0884. The molecule has 0 spiro atoms. The van der Waals surface area contributed by atoms with Crippen molar-refractivity contribution in [3.8, 4) is 0 Å². The summed E-state index contributed by atoms with van der Waals surface area (Å²) in [6.45, 7) is 4.12. The smallest absolute Gasteiger partial charge is 0.144 e. The molecule has 17 heavy (non-hydrogen) atoms. The largest absolute Gasteiger partial charge is 0.316 e. The lowest BCUT2D eigenvalue weighted by Gasteiger charge is -2.36. The molecule has 0 aliphatic carbocycles. The SMILES string of the molecule is CCCC1(C(=O)Cc2ccsc2)CCCNC1. The van der Waals surface area contributed by atoms with Crippen LogP contribution in [0.25, 0.3) is 0 Å². The number of Topliss-reactive ketones (excluding diaryl/α,β-unsaturated/α-hetero) is 1. The topological polar surface area (TPSA) is 29.1 Å². The Morgan fingerprint density at radius 1 is 1.59 bits per heavy atom. The van der Waals surface area contributed by atoms with Crippen molar-refractivity contribution in [2.45, 2.75) is 39.0 Å². The lowest BCUT2D eigenvalue weighted by Crippen LogP contribution is -2.46. The van der Waals surface area contributed by atoms with Gasteiger partial charge in [-0.3, -0.25) is 4.79 Å². The second-order valence-corrected chi connectivity index (χ2v) is 5.82. The number of rotatable bonds is 5. The molecule has 1 saturated heterocycles. The van der Waals surface area contributed by atoms with Crippen molar-refractivity contribution in [3.05, 3.63) is 22.4 Å². The molecule has 0 saturated carbocycles. The van der Waals surface area contributed by atoms with Crippen LogP contribution in [0, 0.1) is 5.41 Å². The first-order chi connectivity index (χ1) is 8.27. The first-order valence-electron chi connectivity index (χ1n) is 6.52. The summed E-state index contributed by atoms with van der Waals surface area (Å²) in [6.07, 6.45) is 4.94. The third kappa shape index (κ3) is 2.96. The molecule has 0 aromatic carbocycles. The Morgan fingerprint density at radius 2 is 2.47 bits per heavy atom. The van der Waals surface area contributed by atoms with Gasteiger partial charge < -0.3 is 5.32 Å². The fourth-order valence-electron chi connectivity index (χ4n) is 2.80. The molecule has 1 fully saturated rings. The number of piperidine rings is 1. The number of carbonyl (C=O) groups is 1. The normalized spacial score (nSPS) is 24.8. The van der Waals surface area contributed by atoms with Gasteiger partial charge in [0.2, 0.25) is 0 Å². The zero-order valence-corrected chi connectivity index (χ0v) is 11.3. The predicted molar refractivity (Wildman–Crippen MR) is 72.5 cm³/mol. The molecule has 1 N–H and O–H groups in total. The van der Waals surface area contributed by atoms with E-state index in [-0.39, 0.29) is 5.41 Å². The van der Waals surface area contributed by atoms with E-state index in [0.29, 0.717) is 12.2 Å². The van der Waals surface area contributed by atoms with E-state index in [9.17, 15) is 4.79 Å². The van der Waals surface area contributed by atoms with E-state index >= 15 is 0 Å². The van der Waals surface area contributed by atoms with Gasteiger partial charge >= 0.3 is 0 Å². The van der Waals surface area contributed by atoms with Crippen molar-refractivity contribution in [2.75, 3.05) is 13.1 Å². The number of carbonyl (C=O) groups excluding carboxylic acids is 1. The Kier molecular flexibility index (Phi) is 4.35. The van der Waals surface area contributed by atoms with E-state index in [0.717, 1.165) is 38.8 Å². The van der Waals surface area contributed by atoms with Gasteiger partial charge in [0.15, 0.2) is 0 Å². The maximum Gasteiger partial charge on any atom is 0.144 e. The van der Waals surface area contributed by atoms with E-state index in [4.69, 9.17) is 0 Å². The second-order valence-electron chi connectivity index (χ2n) is 5.04. The summed E-state index contributed by atoms with van der Waals surface area (Å²) in [5.41, 5.74) is 1.09. The van der Waals surface area contributed by atoms with Crippen molar-refractivity contribution in [2.24, 2.45) is 5.41 Å². The van der Waals surface area contributed by atoms with E-state index in [1.165, 1.54) is 5.56 Å². The molecule has 2 heterocycles. The number of hydrogen-bond acceptors (Lipinski definition) is 3. The molecule has 3 heteroatoms. The number of thiophene rings is 1. The summed E-state index contributed by atoms with van der Waals surface area (Å²) in [4.78, 5) is 12.5. The van der Waals surface area contributed by atoms with Crippen molar-refractivity contribution < 1.29 is 4.79 Å². The third-order valence-corrected chi connectivity index (χ3v) is 4.47. The van der Waals surface area contributed by atoms with E-state index in [2.05, 4.69) is 23.7 Å². The van der Waals surface area contributed by atoms with Crippen molar-refractivity contribution >= 4 is 17.1 Å². The monoisotopic (exact) mass is 251 g/mol. The predicted octanol–water partition coefficient (Wildman–Crippen LogP) is 3.03. The quantitative estimate of drug-likeness (QED) is 0.871. The van der Waals surface area contributed by atoms with Gasteiger partial charge in [0, 0.05) is 18.4 Å². The molecule has 0 amide bonds. The zero-order chi connectivity index (χ0) is 12.1. The highest BCUT2D eigenvalue weighted by Gasteiger charge is 2.37. The molecule has 0 bridgehead atoms. The molecule has 1 aromatic heterocycles. The van der Waals surface area contributed by atoms with Gasteiger partial charge in [0.25, 0.3) is 0 Å². The highest BCUT2D eigenvalue weighted by Crippen LogP contribution is 2.34. The van der Waals surface area contributed by atoms with Gasteiger partial charge in [0.05, 0.1) is 0 Å². The van der Waals surface area contributed by atoms with E-state index < -0.39 is 0 Å². The maximum atomic E-state index is 12.5. The highest BCUT2D eigenvalue weighted by molar-refractivity contribution is 7.08. The molecular weight excluding hydrogens is 230 g/mol. The summed E-state index contributed by atoms with van der Waals surface area (Å²) >= 11 is 1.67. The van der Waals surface area contributed by atoms with Crippen LogP contribution in [0.3, 0.4) is 0 Å². The van der Waals surface area contributed by atoms with Crippen LogP contribution in [-0.4, -0.2) is 18.9 Å². The van der Waals surface area contributed by atoms with Crippen LogP contribution in [-0.2, 0) is 11.2 Å². The molecule has 1 aliphatic heterocycles. The van der Waals surface area contributed by atoms with Crippen LogP contribution in [0.15, 0.2) is 16.8 Å². The minimum absolute atomic E-state index is 0.0884. The average Bonchev–Trinajstić information content (AvgIpc) is 2.83. The first-order valence-corrected chi connectivity index (χ1v) is 7.46. The molecule has 1 unspecified atom stereocenters. The van der Waals surface area contributed by atoms with Gasteiger partial charge in [-0.1, -0.05) is 13.3 Å². The number of ketones is 1. The lowest BCUT2D eigenvalue weighted by atomic mass is 9.72. The van der Waals surface area contributed by atoms with E-state index in [1.54, 1.807) is 11.3 Å². The van der Waals surface area contributed by atoms with Gasteiger partial charge in [-0.2, -0.15) is 11.3 Å². The van der Waals surface area contributed by atoms with Crippen molar-refractivity contribution in [1.29, 1.82) is 0 Å². The summed E-state index contributed by atoms with van der Waals surface area (Å²) in [7, 11) is 0. The molecule has 2 nitrogen and oxygen atoms in total. The minimum Gasteiger partial charge on any atom is -0.316 e. The van der Waals surface area contributed by atoms with Crippen molar-refractivity contribution in [1.82, 2.24) is 5.32 Å². The Balaban J connectivity index is 2.06. The Hall–Kier alpha value is -0.670. The van der Waals surface area contributed by atoms with Crippen LogP contribution < -0.4 is 5.32 Å². The fraction of sp³-hybridized carbons (Fsp3) is 0.643.